The third-order valence-corrected chi connectivity index (χ3v) is 2.11. The van der Waals surface area contributed by atoms with E-state index in [9.17, 15) is 0 Å². The van der Waals surface area contributed by atoms with E-state index in [0.717, 1.165) is 12.8 Å². The summed E-state index contributed by atoms with van der Waals surface area (Å²) in [7, 11) is 0. The predicted molar refractivity (Wildman–Crippen MR) is 46.5 cm³/mol. The van der Waals surface area contributed by atoms with Crippen molar-refractivity contribution in [3.8, 4) is 0 Å². The molecule has 0 bridgehead atoms. The molecule has 2 rings (SSSR count). The minimum atomic E-state index is -0.229. The van der Waals surface area contributed by atoms with Gasteiger partial charge in [0.1, 0.15) is 5.54 Å². The molecule has 5 nitrogen and oxygen atoms in total. The van der Waals surface area contributed by atoms with Crippen LogP contribution in [0.1, 0.15) is 31.5 Å². The minimum absolute atomic E-state index is 0.229. The summed E-state index contributed by atoms with van der Waals surface area (Å²) in [5, 5.41) is 14.1. The zero-order valence-electron chi connectivity index (χ0n) is 7.72. The Bertz CT molecular complexity index is 340. The lowest BCUT2D eigenvalue weighted by atomic mass is 10.2. The molecule has 0 aromatic carbocycles. The Morgan fingerprint density at radius 3 is 2.69 bits per heavy atom. The topological polar surface area (TPSA) is 74.8 Å². The van der Waals surface area contributed by atoms with E-state index in [1.54, 1.807) is 13.8 Å². The third kappa shape index (κ3) is 1.41. The van der Waals surface area contributed by atoms with Crippen LogP contribution in [-0.2, 0) is 5.54 Å². The highest BCUT2D eigenvalue weighted by Gasteiger charge is 2.49. The number of amidine groups is 1. The molecule has 5 heteroatoms. The van der Waals surface area contributed by atoms with Gasteiger partial charge in [-0.05, 0) is 26.7 Å². The Morgan fingerprint density at radius 1 is 1.62 bits per heavy atom. The Hall–Kier alpha value is -1.39. The van der Waals surface area contributed by atoms with Crippen LogP contribution in [0.5, 0.6) is 0 Å². The molecule has 2 N–H and O–H groups in total. The molecule has 0 radical (unpaired) electrons. The van der Waals surface area contributed by atoms with Crippen LogP contribution >= 0.6 is 0 Å². The molecule has 1 fully saturated rings. The Morgan fingerprint density at radius 2 is 2.31 bits per heavy atom. The largest absolute Gasteiger partial charge is 0.360 e. The van der Waals surface area contributed by atoms with Crippen LogP contribution in [0.2, 0.25) is 0 Å². The van der Waals surface area contributed by atoms with E-state index in [1.807, 2.05) is 0 Å². The van der Waals surface area contributed by atoms with E-state index in [-0.39, 0.29) is 5.54 Å². The van der Waals surface area contributed by atoms with Gasteiger partial charge < -0.3 is 9.84 Å². The van der Waals surface area contributed by atoms with E-state index in [2.05, 4.69) is 15.5 Å². The zero-order valence-corrected chi connectivity index (χ0v) is 7.72. The van der Waals surface area contributed by atoms with Gasteiger partial charge in [0.2, 0.25) is 0 Å². The standard InChI is InChI=1S/C8H12N4O/c1-5(9)11-8(3-4-8)7-10-6(2)12-13-7/h3-4H2,1-2H3,(H2,9,11). The lowest BCUT2D eigenvalue weighted by Gasteiger charge is -2.11. The first kappa shape index (κ1) is 8.22. The number of hydrogen-bond donors (Lipinski definition) is 2. The number of nitrogens with one attached hydrogen (secondary N) is 2. The Labute approximate surface area is 76.0 Å². The van der Waals surface area contributed by atoms with E-state index in [1.165, 1.54) is 0 Å². The number of aryl methyl sites for hydroxylation is 1. The molecule has 1 heterocycles. The lowest BCUT2D eigenvalue weighted by molar-refractivity contribution is 0.334. The van der Waals surface area contributed by atoms with E-state index in [0.29, 0.717) is 17.6 Å². The quantitative estimate of drug-likeness (QED) is 0.525. The normalized spacial score (nSPS) is 18.3. The molecule has 0 atom stereocenters. The molecule has 1 saturated carbocycles. The van der Waals surface area contributed by atoms with Gasteiger partial charge in [0.05, 0.1) is 5.84 Å². The summed E-state index contributed by atoms with van der Waals surface area (Å²) in [5.74, 6) is 1.69. The molecule has 0 unspecified atom stereocenters. The summed E-state index contributed by atoms with van der Waals surface area (Å²) in [4.78, 5) is 4.16. The van der Waals surface area contributed by atoms with Crippen LogP contribution in [0.25, 0.3) is 0 Å². The van der Waals surface area contributed by atoms with Crippen LogP contribution in [0.3, 0.4) is 0 Å². The van der Waals surface area contributed by atoms with Gasteiger partial charge in [0.25, 0.3) is 5.89 Å². The van der Waals surface area contributed by atoms with Gasteiger partial charge in [-0.3, -0.25) is 5.41 Å². The molecule has 0 amide bonds. The predicted octanol–water partition coefficient (Wildman–Crippen LogP) is 0.954. The van der Waals surface area contributed by atoms with Crippen LogP contribution in [-0.4, -0.2) is 16.0 Å². The minimum Gasteiger partial charge on any atom is -0.360 e. The van der Waals surface area contributed by atoms with Crippen molar-refractivity contribution < 1.29 is 4.52 Å². The van der Waals surface area contributed by atoms with Crippen molar-refractivity contribution in [1.82, 2.24) is 15.5 Å². The first-order valence-electron chi connectivity index (χ1n) is 4.26. The summed E-state index contributed by atoms with van der Waals surface area (Å²) in [6, 6.07) is 0. The van der Waals surface area contributed by atoms with Gasteiger partial charge in [-0.25, -0.2) is 0 Å². The Balaban J connectivity index is 2.20. The average Bonchev–Trinajstić information content (AvgIpc) is 2.65. The van der Waals surface area contributed by atoms with Gasteiger partial charge in [-0.2, -0.15) is 4.98 Å². The fraction of sp³-hybridized carbons (Fsp3) is 0.625. The van der Waals surface area contributed by atoms with Gasteiger partial charge in [0.15, 0.2) is 5.82 Å². The maximum absolute atomic E-state index is 7.35. The maximum Gasteiger partial charge on any atom is 0.252 e. The van der Waals surface area contributed by atoms with Gasteiger partial charge >= 0.3 is 0 Å². The second-order valence-electron chi connectivity index (χ2n) is 3.48. The summed E-state index contributed by atoms with van der Waals surface area (Å²) < 4.78 is 5.07. The van der Waals surface area contributed by atoms with Crippen LogP contribution < -0.4 is 5.32 Å². The lowest BCUT2D eigenvalue weighted by Crippen LogP contribution is -2.32. The summed E-state index contributed by atoms with van der Waals surface area (Å²) in [5.41, 5.74) is -0.229. The molecule has 0 aliphatic heterocycles. The van der Waals surface area contributed by atoms with Crippen molar-refractivity contribution in [2.75, 3.05) is 0 Å². The van der Waals surface area contributed by atoms with Gasteiger partial charge in [-0.15, -0.1) is 0 Å². The van der Waals surface area contributed by atoms with Crippen molar-refractivity contribution in [2.24, 2.45) is 0 Å². The summed E-state index contributed by atoms with van der Waals surface area (Å²) >= 11 is 0. The molecule has 1 aromatic heterocycles. The van der Waals surface area contributed by atoms with Crippen molar-refractivity contribution in [3.63, 3.8) is 0 Å². The Kier molecular flexibility index (Phi) is 1.61. The van der Waals surface area contributed by atoms with Crippen LogP contribution in [0, 0.1) is 12.3 Å². The SMILES string of the molecule is CC(=N)NC1(c2nc(C)no2)CC1. The number of rotatable bonds is 2. The molecule has 1 aliphatic rings. The third-order valence-electron chi connectivity index (χ3n) is 2.11. The first-order chi connectivity index (χ1) is 6.12. The highest BCUT2D eigenvalue weighted by atomic mass is 16.5. The van der Waals surface area contributed by atoms with Gasteiger partial charge in [-0.1, -0.05) is 5.16 Å². The second kappa shape index (κ2) is 2.55. The first-order valence-corrected chi connectivity index (χ1v) is 4.26. The molecule has 13 heavy (non-hydrogen) atoms. The van der Waals surface area contributed by atoms with E-state index >= 15 is 0 Å². The van der Waals surface area contributed by atoms with Crippen LogP contribution in [0.4, 0.5) is 0 Å². The van der Waals surface area contributed by atoms with Crippen molar-refractivity contribution in [2.45, 2.75) is 32.2 Å². The molecule has 70 valence electrons. The highest BCUT2D eigenvalue weighted by molar-refractivity contribution is 5.77. The van der Waals surface area contributed by atoms with Crippen molar-refractivity contribution in [3.05, 3.63) is 11.7 Å². The smallest absolute Gasteiger partial charge is 0.252 e. The number of hydrogen-bond acceptors (Lipinski definition) is 4. The average molecular weight is 180 g/mol. The summed E-state index contributed by atoms with van der Waals surface area (Å²) in [6.45, 7) is 3.50. The summed E-state index contributed by atoms with van der Waals surface area (Å²) in [6.07, 6.45) is 1.93. The second-order valence-corrected chi connectivity index (χ2v) is 3.48. The molecule has 1 aromatic rings. The van der Waals surface area contributed by atoms with Gasteiger partial charge in [0, 0.05) is 0 Å². The molecular formula is C8H12N4O. The molecule has 0 spiro atoms. The molecular weight excluding hydrogens is 168 g/mol. The van der Waals surface area contributed by atoms with E-state index < -0.39 is 0 Å². The molecule has 0 saturated heterocycles. The number of aromatic nitrogens is 2. The zero-order chi connectivity index (χ0) is 9.47. The van der Waals surface area contributed by atoms with Crippen LogP contribution in [0.15, 0.2) is 4.52 Å². The fourth-order valence-corrected chi connectivity index (χ4v) is 1.37. The number of nitrogens with zero attached hydrogens (tertiary/aromatic N) is 2. The monoisotopic (exact) mass is 180 g/mol. The fourth-order valence-electron chi connectivity index (χ4n) is 1.37. The highest BCUT2D eigenvalue weighted by Crippen LogP contribution is 2.44. The molecule has 1 aliphatic carbocycles. The van der Waals surface area contributed by atoms with Crippen molar-refractivity contribution >= 4 is 5.84 Å². The maximum atomic E-state index is 7.35. The van der Waals surface area contributed by atoms with Crippen molar-refractivity contribution in [1.29, 1.82) is 5.41 Å². The van der Waals surface area contributed by atoms with E-state index in [4.69, 9.17) is 9.93 Å².